The van der Waals surface area contributed by atoms with E-state index in [0.717, 1.165) is 61.1 Å². The largest absolute Gasteiger partial charge is 0.321 e. The summed E-state index contributed by atoms with van der Waals surface area (Å²) < 4.78 is 2.26. The van der Waals surface area contributed by atoms with Crippen LogP contribution in [0.25, 0.3) is 38.8 Å². The number of aromatic nitrogens is 3. The summed E-state index contributed by atoms with van der Waals surface area (Å²) in [6, 6.07) is 64.9. The number of anilines is 4. The lowest BCUT2D eigenvalue weighted by molar-refractivity contribution is 0.991. The van der Waals surface area contributed by atoms with Gasteiger partial charge >= 0.3 is 0 Å². The molecule has 10 rings (SSSR count). The molecule has 5 nitrogen and oxygen atoms in total. The third-order valence-electron chi connectivity index (χ3n) is 10.4. The van der Waals surface area contributed by atoms with Crippen LogP contribution in [0.3, 0.4) is 0 Å². The molecule has 256 valence electrons. The fourth-order valence-corrected chi connectivity index (χ4v) is 7.97. The molecule has 0 saturated heterocycles. The Morgan fingerprint density at radius 3 is 1.72 bits per heavy atom. The van der Waals surface area contributed by atoms with E-state index in [2.05, 4.69) is 189 Å². The lowest BCUT2D eigenvalue weighted by Crippen LogP contribution is -2.23. The van der Waals surface area contributed by atoms with Crippen molar-refractivity contribution in [3.05, 3.63) is 223 Å². The molecular weight excluding hydrogens is 659 g/mol. The van der Waals surface area contributed by atoms with Gasteiger partial charge < -0.3 is 9.80 Å². The summed E-state index contributed by atoms with van der Waals surface area (Å²) in [7, 11) is 0. The second-order valence-corrected chi connectivity index (χ2v) is 13.5. The average molecular weight is 694 g/mol. The molecule has 0 bridgehead atoms. The summed E-state index contributed by atoms with van der Waals surface area (Å²) >= 11 is 0. The Balaban J connectivity index is 1.22. The Labute approximate surface area is 314 Å². The Morgan fingerprint density at radius 2 is 1.02 bits per heavy atom. The fraction of sp³-hybridized carbons (Fsp3) is 0.0204. The predicted molar refractivity (Wildman–Crippen MR) is 223 cm³/mol. The van der Waals surface area contributed by atoms with Gasteiger partial charge in [-0.3, -0.25) is 9.55 Å². The minimum Gasteiger partial charge on any atom is -0.321 e. The molecule has 0 radical (unpaired) electrons. The Morgan fingerprint density at radius 1 is 0.426 bits per heavy atom. The molecule has 0 atom stereocenters. The van der Waals surface area contributed by atoms with Crippen LogP contribution < -0.4 is 9.80 Å². The van der Waals surface area contributed by atoms with Gasteiger partial charge in [0.05, 0.1) is 22.4 Å². The van der Waals surface area contributed by atoms with Gasteiger partial charge in [0.2, 0.25) is 0 Å². The molecule has 54 heavy (non-hydrogen) atoms. The van der Waals surface area contributed by atoms with Crippen LogP contribution in [-0.2, 0) is 0 Å². The molecule has 1 aliphatic heterocycles. The number of rotatable bonds is 7. The van der Waals surface area contributed by atoms with Crippen molar-refractivity contribution >= 4 is 55.7 Å². The van der Waals surface area contributed by atoms with Crippen molar-refractivity contribution in [3.63, 3.8) is 0 Å². The zero-order valence-corrected chi connectivity index (χ0v) is 29.5. The van der Waals surface area contributed by atoms with E-state index in [1.807, 2.05) is 30.7 Å². The van der Waals surface area contributed by atoms with Gasteiger partial charge in [0, 0.05) is 40.7 Å². The molecule has 9 aromatic rings. The molecule has 1 aliphatic rings. The van der Waals surface area contributed by atoms with Crippen LogP contribution in [0.15, 0.2) is 201 Å². The molecule has 0 fully saturated rings. The van der Waals surface area contributed by atoms with E-state index >= 15 is 0 Å². The maximum Gasteiger partial charge on any atom is 0.137 e. The van der Waals surface area contributed by atoms with E-state index in [-0.39, 0.29) is 0 Å². The first-order valence-corrected chi connectivity index (χ1v) is 18.3. The maximum atomic E-state index is 4.81. The number of fused-ring (bicyclic) bond motifs is 4. The number of hydrogen-bond acceptors (Lipinski definition) is 4. The van der Waals surface area contributed by atoms with Crippen LogP contribution >= 0.6 is 0 Å². The van der Waals surface area contributed by atoms with E-state index in [4.69, 9.17) is 4.98 Å². The highest BCUT2D eigenvalue weighted by molar-refractivity contribution is 6.11. The zero-order chi connectivity index (χ0) is 35.8. The van der Waals surface area contributed by atoms with Crippen LogP contribution in [-0.4, -0.2) is 21.2 Å². The van der Waals surface area contributed by atoms with Gasteiger partial charge in [0.25, 0.3) is 0 Å². The lowest BCUT2D eigenvalue weighted by Gasteiger charge is -2.24. The van der Waals surface area contributed by atoms with Crippen molar-refractivity contribution in [1.29, 1.82) is 0 Å². The van der Waals surface area contributed by atoms with Gasteiger partial charge in [-0.25, -0.2) is 4.98 Å². The molecule has 0 amide bonds. The van der Waals surface area contributed by atoms with Gasteiger partial charge in [-0.1, -0.05) is 121 Å². The van der Waals surface area contributed by atoms with Gasteiger partial charge in [-0.15, -0.1) is 0 Å². The Bertz CT molecular complexity index is 2750. The molecule has 4 heterocycles. The van der Waals surface area contributed by atoms with Gasteiger partial charge in [0.15, 0.2) is 0 Å². The van der Waals surface area contributed by atoms with Gasteiger partial charge in [-0.2, -0.15) is 0 Å². The molecular formula is C49H35N5. The van der Waals surface area contributed by atoms with Crippen LogP contribution in [0.5, 0.6) is 0 Å². The van der Waals surface area contributed by atoms with Crippen molar-refractivity contribution in [2.75, 3.05) is 16.5 Å². The van der Waals surface area contributed by atoms with E-state index in [1.54, 1.807) is 0 Å². The van der Waals surface area contributed by atoms with E-state index in [0.29, 0.717) is 6.67 Å². The van der Waals surface area contributed by atoms with Crippen molar-refractivity contribution in [2.45, 2.75) is 0 Å². The van der Waals surface area contributed by atoms with Crippen molar-refractivity contribution < 1.29 is 0 Å². The fourth-order valence-electron chi connectivity index (χ4n) is 7.97. The molecule has 0 unspecified atom stereocenters. The summed E-state index contributed by atoms with van der Waals surface area (Å²) in [6.45, 7) is 0.709. The summed E-state index contributed by atoms with van der Waals surface area (Å²) in [4.78, 5) is 14.1. The normalized spacial score (nSPS) is 12.3. The highest BCUT2D eigenvalue weighted by Gasteiger charge is 2.28. The molecule has 6 aromatic carbocycles. The summed E-state index contributed by atoms with van der Waals surface area (Å²) in [5.41, 5.74) is 13.7. The van der Waals surface area contributed by atoms with Crippen LogP contribution in [0.1, 0.15) is 22.3 Å². The number of nitrogens with zero attached hydrogens (tertiary/aromatic N) is 5. The van der Waals surface area contributed by atoms with Crippen molar-refractivity contribution in [1.82, 2.24) is 14.5 Å². The maximum absolute atomic E-state index is 4.81. The third kappa shape index (κ3) is 5.42. The Kier molecular flexibility index (Phi) is 7.81. The monoisotopic (exact) mass is 693 g/mol. The average Bonchev–Trinajstić information content (AvgIpc) is 3.80. The number of para-hydroxylation sites is 3. The van der Waals surface area contributed by atoms with E-state index < -0.39 is 0 Å². The first kappa shape index (κ1) is 31.5. The lowest BCUT2D eigenvalue weighted by atomic mass is 9.85. The number of hydrogen-bond donors (Lipinski definition) is 0. The zero-order valence-electron chi connectivity index (χ0n) is 29.5. The number of pyridine rings is 2. The minimum absolute atomic E-state index is 0.709. The predicted octanol–water partition coefficient (Wildman–Crippen LogP) is 11.8. The molecule has 0 aliphatic carbocycles. The van der Waals surface area contributed by atoms with Crippen molar-refractivity contribution in [3.8, 4) is 5.82 Å². The molecule has 0 spiro atoms. The van der Waals surface area contributed by atoms with Crippen molar-refractivity contribution in [2.24, 2.45) is 0 Å². The quantitative estimate of drug-likeness (QED) is 0.156. The van der Waals surface area contributed by atoms with E-state index in [9.17, 15) is 0 Å². The molecule has 0 saturated carbocycles. The standard InChI is InChI=1S/C49H35N5/c1-4-15-35(16-5-1)48(36-17-6-2-7-18-36)49(38-26-27-41-42-33-50-30-28-43(42)54(46(41)32-38)47-25-12-13-29-51-47)37-19-14-22-40(31-37)53-34-52(39-20-8-3-9-21-39)44-23-10-11-24-45(44)53/h1-33H,34H2. The first-order chi connectivity index (χ1) is 26.8. The van der Waals surface area contributed by atoms with Crippen LogP contribution in [0, 0.1) is 0 Å². The van der Waals surface area contributed by atoms with Crippen LogP contribution in [0.2, 0.25) is 0 Å². The minimum atomic E-state index is 0.709. The molecule has 0 N–H and O–H groups in total. The second-order valence-electron chi connectivity index (χ2n) is 13.5. The molecule has 3 aromatic heterocycles. The summed E-state index contributed by atoms with van der Waals surface area (Å²) in [5, 5.41) is 2.23. The smallest absolute Gasteiger partial charge is 0.137 e. The summed E-state index contributed by atoms with van der Waals surface area (Å²) in [6.07, 6.45) is 5.67. The van der Waals surface area contributed by atoms with Gasteiger partial charge in [0.1, 0.15) is 12.5 Å². The number of benzene rings is 6. The highest BCUT2D eigenvalue weighted by Crippen LogP contribution is 2.46. The SMILES string of the molecule is c1ccc(C(=C(c2cccc(N3CN(c4ccccc4)c4ccccc43)c2)c2ccc3c4cnccc4n(-c4ccccn4)c3c2)c2ccccc2)cc1. The van der Waals surface area contributed by atoms with E-state index in [1.165, 1.54) is 22.6 Å². The van der Waals surface area contributed by atoms with Gasteiger partial charge in [-0.05, 0) is 94.1 Å². The first-order valence-electron chi connectivity index (χ1n) is 18.3. The Hall–Kier alpha value is -7.24. The third-order valence-corrected chi connectivity index (χ3v) is 10.4. The highest BCUT2D eigenvalue weighted by atomic mass is 15.4. The summed E-state index contributed by atoms with van der Waals surface area (Å²) in [5.74, 6) is 0.871. The topological polar surface area (TPSA) is 37.2 Å². The second kappa shape index (κ2) is 13.4. The van der Waals surface area contributed by atoms with Crippen LogP contribution in [0.4, 0.5) is 22.7 Å². The molecule has 5 heteroatoms.